The summed E-state index contributed by atoms with van der Waals surface area (Å²) in [6.07, 6.45) is 5.48. The van der Waals surface area contributed by atoms with Crippen molar-refractivity contribution in [2.45, 2.75) is 44.3 Å². The summed E-state index contributed by atoms with van der Waals surface area (Å²) in [5.74, 6) is 1.76. The van der Waals surface area contributed by atoms with Crippen LogP contribution in [-0.4, -0.2) is 69.3 Å². The van der Waals surface area contributed by atoms with Gasteiger partial charge in [-0.3, -0.25) is 9.80 Å². The van der Waals surface area contributed by atoms with E-state index < -0.39 is 0 Å². The molecule has 2 heterocycles. The number of rotatable bonds is 7. The molecule has 32 heavy (non-hydrogen) atoms. The number of piperazine rings is 1. The van der Waals surface area contributed by atoms with E-state index in [-0.39, 0.29) is 6.04 Å². The van der Waals surface area contributed by atoms with Crippen LogP contribution in [0.25, 0.3) is 0 Å². The van der Waals surface area contributed by atoms with E-state index >= 15 is 0 Å². The van der Waals surface area contributed by atoms with E-state index in [1.54, 1.807) is 7.11 Å². The smallest absolute Gasteiger partial charge is 0.173 e. The molecule has 1 saturated carbocycles. The Bertz CT molecular complexity index is 975. The highest BCUT2D eigenvalue weighted by Gasteiger charge is 2.33. The standard InChI is InChI=1S/C25H32N6O/c1-32-23-13-11-21(12-14-23)24(30-17-15-29(16-18-30)22-9-5-6-10-22)25-26-27-28-31(25)19-20-7-3-2-4-8-20/h2-4,7-8,11-14,22,24H,5-6,9-10,15-19H2,1H3/t24-/m1/s1. The summed E-state index contributed by atoms with van der Waals surface area (Å²) in [7, 11) is 1.70. The second kappa shape index (κ2) is 9.79. The van der Waals surface area contributed by atoms with Crippen LogP contribution in [0.4, 0.5) is 0 Å². The maximum Gasteiger partial charge on any atom is 0.173 e. The molecule has 0 bridgehead atoms. The molecule has 0 N–H and O–H groups in total. The second-order valence-electron chi connectivity index (χ2n) is 8.87. The Hall–Kier alpha value is -2.77. The predicted octanol–water partition coefficient (Wildman–Crippen LogP) is 3.38. The number of tetrazole rings is 1. The minimum absolute atomic E-state index is 0.0188. The Balaban J connectivity index is 1.41. The minimum atomic E-state index is 0.0188. The zero-order valence-electron chi connectivity index (χ0n) is 18.8. The summed E-state index contributed by atoms with van der Waals surface area (Å²) in [6, 6.07) is 19.5. The third-order valence-electron chi connectivity index (χ3n) is 6.97. The third-order valence-corrected chi connectivity index (χ3v) is 6.97. The van der Waals surface area contributed by atoms with E-state index in [1.807, 2.05) is 22.9 Å². The van der Waals surface area contributed by atoms with Crippen LogP contribution in [0.5, 0.6) is 5.75 Å². The Labute approximate surface area is 190 Å². The molecule has 1 aromatic heterocycles. The highest BCUT2D eigenvalue weighted by Crippen LogP contribution is 2.31. The van der Waals surface area contributed by atoms with Crippen LogP contribution in [-0.2, 0) is 6.54 Å². The molecule has 1 aliphatic carbocycles. The van der Waals surface area contributed by atoms with Crippen LogP contribution in [0.3, 0.4) is 0 Å². The number of hydrogen-bond donors (Lipinski definition) is 0. The number of methoxy groups -OCH3 is 1. The molecule has 2 aliphatic rings. The number of ether oxygens (including phenoxy) is 1. The van der Waals surface area contributed by atoms with Crippen molar-refractivity contribution in [2.24, 2.45) is 0 Å². The van der Waals surface area contributed by atoms with Crippen molar-refractivity contribution in [3.8, 4) is 5.75 Å². The van der Waals surface area contributed by atoms with Crippen molar-refractivity contribution in [3.05, 3.63) is 71.5 Å². The van der Waals surface area contributed by atoms with Gasteiger partial charge in [-0.2, -0.15) is 0 Å². The van der Waals surface area contributed by atoms with Gasteiger partial charge in [0.25, 0.3) is 0 Å². The third kappa shape index (κ3) is 4.54. The Morgan fingerprint density at radius 2 is 1.66 bits per heavy atom. The van der Waals surface area contributed by atoms with Gasteiger partial charge in [-0.05, 0) is 46.5 Å². The highest BCUT2D eigenvalue weighted by molar-refractivity contribution is 5.32. The lowest BCUT2D eigenvalue weighted by Gasteiger charge is -2.41. The lowest BCUT2D eigenvalue weighted by Crippen LogP contribution is -2.51. The Morgan fingerprint density at radius 3 is 2.34 bits per heavy atom. The largest absolute Gasteiger partial charge is 0.497 e. The molecule has 1 aliphatic heterocycles. The number of hydrogen-bond acceptors (Lipinski definition) is 6. The van der Waals surface area contributed by atoms with E-state index in [4.69, 9.17) is 4.74 Å². The zero-order chi connectivity index (χ0) is 21.8. The molecule has 7 heteroatoms. The molecule has 0 amide bonds. The molecule has 7 nitrogen and oxygen atoms in total. The van der Waals surface area contributed by atoms with E-state index in [0.29, 0.717) is 6.54 Å². The first-order valence-corrected chi connectivity index (χ1v) is 11.7. The van der Waals surface area contributed by atoms with Gasteiger partial charge in [0.1, 0.15) is 5.75 Å². The van der Waals surface area contributed by atoms with E-state index in [9.17, 15) is 0 Å². The fraction of sp³-hybridized carbons (Fsp3) is 0.480. The van der Waals surface area contributed by atoms with Crippen molar-refractivity contribution in [1.82, 2.24) is 30.0 Å². The van der Waals surface area contributed by atoms with Crippen LogP contribution in [0.15, 0.2) is 54.6 Å². The summed E-state index contributed by atoms with van der Waals surface area (Å²) < 4.78 is 7.35. The average Bonchev–Trinajstić information content (AvgIpc) is 3.54. The van der Waals surface area contributed by atoms with Gasteiger partial charge in [-0.15, -0.1) is 5.10 Å². The van der Waals surface area contributed by atoms with Gasteiger partial charge >= 0.3 is 0 Å². The molecular weight excluding hydrogens is 400 g/mol. The summed E-state index contributed by atoms with van der Waals surface area (Å²) in [6.45, 7) is 4.92. The van der Waals surface area contributed by atoms with Gasteiger partial charge in [0.05, 0.1) is 19.7 Å². The molecule has 3 aromatic rings. The van der Waals surface area contributed by atoms with E-state index in [2.05, 4.69) is 61.7 Å². The predicted molar refractivity (Wildman–Crippen MR) is 124 cm³/mol. The molecule has 2 aromatic carbocycles. The first kappa shape index (κ1) is 21.1. The second-order valence-corrected chi connectivity index (χ2v) is 8.87. The molecule has 0 spiro atoms. The maximum absolute atomic E-state index is 5.39. The summed E-state index contributed by atoms with van der Waals surface area (Å²) in [5, 5.41) is 12.9. The molecule has 1 atom stereocenters. The number of benzene rings is 2. The molecule has 0 unspecified atom stereocenters. The fourth-order valence-corrected chi connectivity index (χ4v) is 5.22. The van der Waals surface area contributed by atoms with Crippen LogP contribution >= 0.6 is 0 Å². The number of nitrogens with zero attached hydrogens (tertiary/aromatic N) is 6. The van der Waals surface area contributed by atoms with Gasteiger partial charge in [0, 0.05) is 32.2 Å². The molecule has 5 rings (SSSR count). The van der Waals surface area contributed by atoms with Crippen LogP contribution in [0.2, 0.25) is 0 Å². The van der Waals surface area contributed by atoms with Crippen molar-refractivity contribution < 1.29 is 4.74 Å². The molecule has 2 fully saturated rings. The lowest BCUT2D eigenvalue weighted by molar-refractivity contribution is 0.0771. The molecule has 1 saturated heterocycles. The maximum atomic E-state index is 5.39. The lowest BCUT2D eigenvalue weighted by atomic mass is 10.0. The molecule has 0 radical (unpaired) electrons. The van der Waals surface area contributed by atoms with Crippen LogP contribution in [0.1, 0.15) is 48.7 Å². The summed E-state index contributed by atoms with van der Waals surface area (Å²) in [4.78, 5) is 5.24. The molecular formula is C25H32N6O. The van der Waals surface area contributed by atoms with Gasteiger partial charge in [0.15, 0.2) is 5.82 Å². The van der Waals surface area contributed by atoms with E-state index in [1.165, 1.54) is 36.8 Å². The van der Waals surface area contributed by atoms with Crippen molar-refractivity contribution in [1.29, 1.82) is 0 Å². The minimum Gasteiger partial charge on any atom is -0.497 e. The first-order valence-electron chi connectivity index (χ1n) is 11.7. The van der Waals surface area contributed by atoms with Crippen LogP contribution in [0, 0.1) is 0 Å². The SMILES string of the molecule is COc1ccc([C@H](c2nnnn2Cc2ccccc2)N2CCN(C3CCCC3)CC2)cc1. The van der Waals surface area contributed by atoms with Gasteiger partial charge in [-0.1, -0.05) is 55.3 Å². The Kier molecular flexibility index (Phi) is 6.46. The van der Waals surface area contributed by atoms with Gasteiger partial charge in [0.2, 0.25) is 0 Å². The highest BCUT2D eigenvalue weighted by atomic mass is 16.5. The van der Waals surface area contributed by atoms with Gasteiger partial charge in [-0.25, -0.2) is 4.68 Å². The summed E-state index contributed by atoms with van der Waals surface area (Å²) >= 11 is 0. The van der Waals surface area contributed by atoms with Crippen molar-refractivity contribution in [3.63, 3.8) is 0 Å². The topological polar surface area (TPSA) is 59.3 Å². The Morgan fingerprint density at radius 1 is 0.938 bits per heavy atom. The van der Waals surface area contributed by atoms with Crippen molar-refractivity contribution >= 4 is 0 Å². The quantitative estimate of drug-likeness (QED) is 0.571. The van der Waals surface area contributed by atoms with Crippen LogP contribution < -0.4 is 4.74 Å². The van der Waals surface area contributed by atoms with Crippen molar-refractivity contribution in [2.75, 3.05) is 33.3 Å². The summed E-state index contributed by atoms with van der Waals surface area (Å²) in [5.41, 5.74) is 2.39. The van der Waals surface area contributed by atoms with E-state index in [0.717, 1.165) is 43.8 Å². The van der Waals surface area contributed by atoms with Gasteiger partial charge < -0.3 is 4.74 Å². The average molecular weight is 433 g/mol. The fourth-order valence-electron chi connectivity index (χ4n) is 5.22. The number of aromatic nitrogens is 4. The molecule has 168 valence electrons. The normalized spacial score (nSPS) is 19.3. The monoisotopic (exact) mass is 432 g/mol. The zero-order valence-corrected chi connectivity index (χ0v) is 18.8. The first-order chi connectivity index (χ1) is 15.8.